The summed E-state index contributed by atoms with van der Waals surface area (Å²) in [5, 5.41) is 10.1. The number of hydrogen-bond donors (Lipinski definition) is 1. The number of rotatable bonds is 4. The van der Waals surface area contributed by atoms with Crippen LogP contribution in [0.4, 0.5) is 0 Å². The van der Waals surface area contributed by atoms with Crippen LogP contribution in [0.3, 0.4) is 0 Å². The predicted octanol–water partition coefficient (Wildman–Crippen LogP) is 2.37. The quantitative estimate of drug-likeness (QED) is 0.876. The molecule has 1 heterocycles. The van der Waals surface area contributed by atoms with E-state index in [9.17, 15) is 9.90 Å². The minimum atomic E-state index is -1.03. The summed E-state index contributed by atoms with van der Waals surface area (Å²) >= 11 is 0. The number of aliphatic hydroxyl groups excluding tert-OH is 1. The number of esters is 1. The predicted molar refractivity (Wildman–Crippen MR) is 79.7 cm³/mol. The Morgan fingerprint density at radius 2 is 1.38 bits per heavy atom. The summed E-state index contributed by atoms with van der Waals surface area (Å²) in [5.41, 5.74) is 2.22. The Kier molecular flexibility index (Phi) is 4.02. The van der Waals surface area contributed by atoms with Gasteiger partial charge < -0.3 is 9.84 Å². The van der Waals surface area contributed by atoms with E-state index in [4.69, 9.17) is 4.74 Å². The van der Waals surface area contributed by atoms with Gasteiger partial charge >= 0.3 is 5.97 Å². The minimum Gasteiger partial charge on any atom is -0.460 e. The van der Waals surface area contributed by atoms with Crippen LogP contribution in [0.15, 0.2) is 60.7 Å². The number of aliphatic hydroxyl groups is 1. The van der Waals surface area contributed by atoms with Crippen LogP contribution in [0.5, 0.6) is 0 Å². The molecule has 1 unspecified atom stereocenters. The highest BCUT2D eigenvalue weighted by Gasteiger charge is 2.43. The van der Waals surface area contributed by atoms with Crippen molar-refractivity contribution in [2.45, 2.75) is 25.0 Å². The molecule has 21 heavy (non-hydrogen) atoms. The third kappa shape index (κ3) is 3.14. The summed E-state index contributed by atoms with van der Waals surface area (Å²) in [6.45, 7) is 0. The fraction of sp³-hybridized carbons (Fsp3) is 0.278. The van der Waals surface area contributed by atoms with Crippen molar-refractivity contribution in [2.75, 3.05) is 0 Å². The molecule has 1 N–H and O–H groups in total. The van der Waals surface area contributed by atoms with Crippen molar-refractivity contribution < 1.29 is 14.6 Å². The standard InChI is InChI=1S/C18H18O3/c19-17-15(11-13-7-3-1-4-8-13)16(21-18(17)20)12-14-9-5-2-6-10-14/h1-10,15-17,19H,11-12H2/t15?,16-,17+/m1/s1. The number of carbonyl (C=O) groups is 1. The van der Waals surface area contributed by atoms with Crippen LogP contribution in [0.25, 0.3) is 0 Å². The Hall–Kier alpha value is -2.13. The molecule has 0 saturated carbocycles. The third-order valence-electron chi connectivity index (χ3n) is 3.99. The summed E-state index contributed by atoms with van der Waals surface area (Å²) in [6.07, 6.45) is -0.0131. The van der Waals surface area contributed by atoms with Crippen molar-refractivity contribution >= 4 is 5.97 Å². The van der Waals surface area contributed by atoms with Crippen LogP contribution in [-0.4, -0.2) is 23.3 Å². The van der Waals surface area contributed by atoms with Gasteiger partial charge in [-0.3, -0.25) is 0 Å². The average Bonchev–Trinajstić information content (AvgIpc) is 2.77. The number of cyclic esters (lactones) is 1. The Morgan fingerprint density at radius 1 is 0.857 bits per heavy atom. The molecule has 3 heteroatoms. The summed E-state index contributed by atoms with van der Waals surface area (Å²) in [7, 11) is 0. The highest BCUT2D eigenvalue weighted by atomic mass is 16.6. The Morgan fingerprint density at radius 3 is 1.95 bits per heavy atom. The molecule has 0 radical (unpaired) electrons. The molecule has 108 valence electrons. The molecule has 0 spiro atoms. The second kappa shape index (κ2) is 6.10. The Bertz CT molecular complexity index is 594. The van der Waals surface area contributed by atoms with Crippen molar-refractivity contribution in [1.82, 2.24) is 0 Å². The number of ether oxygens (including phenoxy) is 1. The van der Waals surface area contributed by atoms with Gasteiger partial charge in [0.15, 0.2) is 6.10 Å². The van der Waals surface area contributed by atoms with Gasteiger partial charge in [0.05, 0.1) is 0 Å². The molecule has 3 atom stereocenters. The van der Waals surface area contributed by atoms with Gasteiger partial charge in [-0.05, 0) is 17.5 Å². The minimum absolute atomic E-state index is 0.194. The molecule has 1 aliphatic rings. The maximum absolute atomic E-state index is 11.7. The molecular weight excluding hydrogens is 264 g/mol. The first-order valence-electron chi connectivity index (χ1n) is 7.20. The van der Waals surface area contributed by atoms with E-state index in [-0.39, 0.29) is 12.0 Å². The topological polar surface area (TPSA) is 46.5 Å². The molecule has 2 aromatic carbocycles. The van der Waals surface area contributed by atoms with Gasteiger partial charge in [0.25, 0.3) is 0 Å². The van der Waals surface area contributed by atoms with E-state index in [2.05, 4.69) is 0 Å². The Balaban J connectivity index is 1.76. The van der Waals surface area contributed by atoms with Gasteiger partial charge in [-0.1, -0.05) is 60.7 Å². The largest absolute Gasteiger partial charge is 0.460 e. The van der Waals surface area contributed by atoms with E-state index in [1.807, 2.05) is 60.7 Å². The first kappa shape index (κ1) is 13.8. The lowest BCUT2D eigenvalue weighted by Gasteiger charge is -2.19. The second-order valence-electron chi connectivity index (χ2n) is 5.46. The zero-order valence-electron chi connectivity index (χ0n) is 11.7. The van der Waals surface area contributed by atoms with E-state index >= 15 is 0 Å². The molecule has 3 nitrogen and oxygen atoms in total. The first-order valence-corrected chi connectivity index (χ1v) is 7.20. The van der Waals surface area contributed by atoms with Crippen LogP contribution in [0.1, 0.15) is 11.1 Å². The first-order chi connectivity index (χ1) is 10.2. The maximum atomic E-state index is 11.7. The van der Waals surface area contributed by atoms with Crippen molar-refractivity contribution in [3.8, 4) is 0 Å². The summed E-state index contributed by atoms with van der Waals surface area (Å²) in [6, 6.07) is 19.8. The van der Waals surface area contributed by atoms with Crippen molar-refractivity contribution in [1.29, 1.82) is 0 Å². The fourth-order valence-corrected chi connectivity index (χ4v) is 2.85. The van der Waals surface area contributed by atoms with Crippen molar-refractivity contribution in [3.63, 3.8) is 0 Å². The lowest BCUT2D eigenvalue weighted by Crippen LogP contribution is -2.28. The lowest BCUT2D eigenvalue weighted by molar-refractivity contribution is -0.147. The summed E-state index contributed by atoms with van der Waals surface area (Å²) < 4.78 is 5.37. The molecule has 0 amide bonds. The second-order valence-corrected chi connectivity index (χ2v) is 5.46. The summed E-state index contributed by atoms with van der Waals surface area (Å²) in [4.78, 5) is 11.7. The molecule has 1 aliphatic heterocycles. The molecular formula is C18H18O3. The highest BCUT2D eigenvalue weighted by molar-refractivity contribution is 5.77. The normalized spacial score (nSPS) is 24.8. The molecule has 0 aromatic heterocycles. The van der Waals surface area contributed by atoms with Crippen molar-refractivity contribution in [2.24, 2.45) is 5.92 Å². The molecule has 1 fully saturated rings. The van der Waals surface area contributed by atoms with Gasteiger partial charge in [-0.25, -0.2) is 4.79 Å². The zero-order chi connectivity index (χ0) is 14.7. The van der Waals surface area contributed by atoms with E-state index in [1.165, 1.54) is 0 Å². The van der Waals surface area contributed by atoms with E-state index in [1.54, 1.807) is 0 Å². The number of benzene rings is 2. The van der Waals surface area contributed by atoms with E-state index < -0.39 is 12.1 Å². The molecule has 1 saturated heterocycles. The SMILES string of the molecule is O=C1O[C@H](Cc2ccccc2)C(Cc2ccccc2)[C@@H]1O. The molecule has 0 aliphatic carbocycles. The van der Waals surface area contributed by atoms with Gasteiger partial charge in [0.2, 0.25) is 0 Å². The fourth-order valence-electron chi connectivity index (χ4n) is 2.85. The molecule has 2 aromatic rings. The van der Waals surface area contributed by atoms with Crippen LogP contribution in [-0.2, 0) is 22.4 Å². The zero-order valence-corrected chi connectivity index (χ0v) is 11.7. The number of hydrogen-bond acceptors (Lipinski definition) is 3. The monoisotopic (exact) mass is 282 g/mol. The van der Waals surface area contributed by atoms with Gasteiger partial charge in [0, 0.05) is 12.3 Å². The van der Waals surface area contributed by atoms with E-state index in [0.717, 1.165) is 11.1 Å². The van der Waals surface area contributed by atoms with Gasteiger partial charge in [-0.2, -0.15) is 0 Å². The molecule has 3 rings (SSSR count). The maximum Gasteiger partial charge on any atom is 0.335 e. The van der Waals surface area contributed by atoms with Crippen LogP contribution < -0.4 is 0 Å². The third-order valence-corrected chi connectivity index (χ3v) is 3.99. The van der Waals surface area contributed by atoms with Crippen LogP contribution in [0, 0.1) is 5.92 Å². The van der Waals surface area contributed by atoms with Crippen LogP contribution >= 0.6 is 0 Å². The van der Waals surface area contributed by atoms with Gasteiger partial charge in [0.1, 0.15) is 6.10 Å². The highest BCUT2D eigenvalue weighted by Crippen LogP contribution is 2.29. The van der Waals surface area contributed by atoms with E-state index in [0.29, 0.717) is 12.8 Å². The molecule has 0 bridgehead atoms. The summed E-state index contributed by atoms with van der Waals surface area (Å²) in [5.74, 6) is -0.697. The number of carbonyl (C=O) groups excluding carboxylic acids is 1. The van der Waals surface area contributed by atoms with Gasteiger partial charge in [-0.15, -0.1) is 0 Å². The van der Waals surface area contributed by atoms with Crippen LogP contribution in [0.2, 0.25) is 0 Å². The average molecular weight is 282 g/mol. The Labute approximate surface area is 124 Å². The smallest absolute Gasteiger partial charge is 0.335 e. The van der Waals surface area contributed by atoms with Crippen molar-refractivity contribution in [3.05, 3.63) is 71.8 Å². The lowest BCUT2D eigenvalue weighted by atomic mass is 9.88.